The number of aromatic nitrogens is 1. The third kappa shape index (κ3) is 5.31. The number of para-hydroxylation sites is 1. The average Bonchev–Trinajstić information content (AvgIpc) is 2.67. The highest BCUT2D eigenvalue weighted by molar-refractivity contribution is 5.77. The molecule has 0 saturated heterocycles. The van der Waals surface area contributed by atoms with Crippen molar-refractivity contribution in [2.45, 2.75) is 6.54 Å². The van der Waals surface area contributed by atoms with E-state index < -0.39 is 0 Å². The minimum Gasteiger partial charge on any atom is -0.484 e. The maximum atomic E-state index is 13.1. The molecule has 0 spiro atoms. The number of rotatable bonds is 7. The fraction of sp³-hybridized carbons (Fsp3) is 0.100. The van der Waals surface area contributed by atoms with Gasteiger partial charge in [-0.05, 0) is 29.8 Å². The summed E-state index contributed by atoms with van der Waals surface area (Å²) in [5.74, 6) is 0.756. The van der Waals surface area contributed by atoms with Gasteiger partial charge in [-0.15, -0.1) is 0 Å². The monoisotopic (exact) mass is 352 g/mol. The van der Waals surface area contributed by atoms with Crippen LogP contribution in [0.1, 0.15) is 5.56 Å². The highest BCUT2D eigenvalue weighted by atomic mass is 19.1. The summed E-state index contributed by atoms with van der Waals surface area (Å²) < 4.78 is 24.0. The normalized spacial score (nSPS) is 10.2. The van der Waals surface area contributed by atoms with Gasteiger partial charge in [0.1, 0.15) is 17.3 Å². The summed E-state index contributed by atoms with van der Waals surface area (Å²) in [4.78, 5) is 16.0. The number of carbonyl (C=O) groups is 1. The number of halogens is 1. The van der Waals surface area contributed by atoms with Crippen molar-refractivity contribution in [1.82, 2.24) is 10.3 Å². The van der Waals surface area contributed by atoms with Gasteiger partial charge in [-0.3, -0.25) is 4.79 Å². The third-order valence-corrected chi connectivity index (χ3v) is 3.42. The molecule has 0 aliphatic carbocycles. The number of nitrogens with one attached hydrogen (secondary N) is 1. The lowest BCUT2D eigenvalue weighted by atomic mass is 10.3. The number of hydrogen-bond donors (Lipinski definition) is 1. The molecule has 0 aliphatic heterocycles. The van der Waals surface area contributed by atoms with E-state index in [1.165, 1.54) is 12.1 Å². The lowest BCUT2D eigenvalue weighted by Crippen LogP contribution is -2.28. The molecule has 1 N–H and O–H groups in total. The Bertz CT molecular complexity index is 854. The summed E-state index contributed by atoms with van der Waals surface area (Å²) >= 11 is 0. The van der Waals surface area contributed by atoms with Crippen molar-refractivity contribution in [3.05, 3.63) is 84.3 Å². The Labute approximate surface area is 150 Å². The lowest BCUT2D eigenvalue weighted by molar-refractivity contribution is -0.123. The van der Waals surface area contributed by atoms with Gasteiger partial charge in [0.05, 0.1) is 0 Å². The quantitative estimate of drug-likeness (QED) is 0.704. The van der Waals surface area contributed by atoms with Crippen molar-refractivity contribution in [2.75, 3.05) is 6.61 Å². The van der Waals surface area contributed by atoms with Gasteiger partial charge < -0.3 is 14.8 Å². The van der Waals surface area contributed by atoms with Gasteiger partial charge in [-0.2, -0.15) is 0 Å². The van der Waals surface area contributed by atoms with E-state index in [1.807, 2.05) is 18.2 Å². The summed E-state index contributed by atoms with van der Waals surface area (Å²) in [6.07, 6.45) is 1.59. The third-order valence-electron chi connectivity index (χ3n) is 3.42. The van der Waals surface area contributed by atoms with Gasteiger partial charge in [-0.1, -0.05) is 30.3 Å². The standard InChI is InChI=1S/C20H17FN2O3/c21-16-5-4-8-18(11-16)26-20-10-9-15(13-23-20)12-22-19(24)14-25-17-6-2-1-3-7-17/h1-11,13H,12,14H2,(H,22,24). The number of ether oxygens (including phenoxy) is 2. The van der Waals surface area contributed by atoms with Crippen LogP contribution in [0.15, 0.2) is 72.9 Å². The van der Waals surface area contributed by atoms with E-state index >= 15 is 0 Å². The number of nitrogens with zero attached hydrogens (tertiary/aromatic N) is 1. The Balaban J connectivity index is 1.46. The van der Waals surface area contributed by atoms with Crippen LogP contribution in [-0.4, -0.2) is 17.5 Å². The van der Waals surface area contributed by atoms with Crippen molar-refractivity contribution in [2.24, 2.45) is 0 Å². The van der Waals surface area contributed by atoms with E-state index in [1.54, 1.807) is 42.6 Å². The van der Waals surface area contributed by atoms with E-state index in [0.29, 0.717) is 23.9 Å². The molecule has 0 radical (unpaired) electrons. The van der Waals surface area contributed by atoms with Crippen molar-refractivity contribution < 1.29 is 18.7 Å². The van der Waals surface area contributed by atoms with E-state index in [2.05, 4.69) is 10.3 Å². The van der Waals surface area contributed by atoms with Crippen LogP contribution in [0.2, 0.25) is 0 Å². The summed E-state index contributed by atoms with van der Waals surface area (Å²) in [6, 6.07) is 18.4. The zero-order valence-electron chi connectivity index (χ0n) is 13.9. The van der Waals surface area contributed by atoms with E-state index in [0.717, 1.165) is 5.56 Å². The molecule has 0 saturated carbocycles. The van der Waals surface area contributed by atoms with Crippen LogP contribution >= 0.6 is 0 Å². The Hall–Kier alpha value is -3.41. The lowest BCUT2D eigenvalue weighted by Gasteiger charge is -2.08. The second-order valence-electron chi connectivity index (χ2n) is 5.44. The van der Waals surface area contributed by atoms with Crippen LogP contribution < -0.4 is 14.8 Å². The van der Waals surface area contributed by atoms with Gasteiger partial charge in [-0.25, -0.2) is 9.37 Å². The van der Waals surface area contributed by atoms with E-state index in [-0.39, 0.29) is 18.3 Å². The van der Waals surface area contributed by atoms with Crippen LogP contribution in [0.25, 0.3) is 0 Å². The molecule has 2 aromatic carbocycles. The highest BCUT2D eigenvalue weighted by Gasteiger charge is 2.04. The molecule has 6 heteroatoms. The molecule has 0 atom stereocenters. The van der Waals surface area contributed by atoms with E-state index in [4.69, 9.17) is 9.47 Å². The van der Waals surface area contributed by atoms with Crippen molar-refractivity contribution in [3.8, 4) is 17.4 Å². The molecule has 0 aliphatic rings. The summed E-state index contributed by atoms with van der Waals surface area (Å²) in [5.41, 5.74) is 0.810. The molecule has 1 amide bonds. The summed E-state index contributed by atoms with van der Waals surface area (Å²) in [5, 5.41) is 2.75. The molecule has 1 heterocycles. The van der Waals surface area contributed by atoms with Crippen LogP contribution in [0, 0.1) is 5.82 Å². The zero-order chi connectivity index (χ0) is 18.2. The fourth-order valence-corrected chi connectivity index (χ4v) is 2.14. The van der Waals surface area contributed by atoms with Gasteiger partial charge in [0, 0.05) is 24.9 Å². The molecule has 5 nitrogen and oxygen atoms in total. The molecule has 26 heavy (non-hydrogen) atoms. The smallest absolute Gasteiger partial charge is 0.258 e. The fourth-order valence-electron chi connectivity index (χ4n) is 2.14. The first kappa shape index (κ1) is 17.4. The number of amides is 1. The maximum Gasteiger partial charge on any atom is 0.258 e. The Morgan fingerprint density at radius 3 is 2.54 bits per heavy atom. The second kappa shape index (κ2) is 8.62. The van der Waals surface area contributed by atoms with Gasteiger partial charge in [0.25, 0.3) is 5.91 Å². The number of benzene rings is 2. The molecule has 0 unspecified atom stereocenters. The van der Waals surface area contributed by atoms with Crippen molar-refractivity contribution in [3.63, 3.8) is 0 Å². The molecule has 0 bridgehead atoms. The molecule has 1 aromatic heterocycles. The minimum atomic E-state index is -0.375. The number of carbonyl (C=O) groups excluding carboxylic acids is 1. The first-order valence-corrected chi connectivity index (χ1v) is 8.02. The largest absolute Gasteiger partial charge is 0.484 e. The SMILES string of the molecule is O=C(COc1ccccc1)NCc1ccc(Oc2cccc(F)c2)nc1. The van der Waals surface area contributed by atoms with E-state index in [9.17, 15) is 9.18 Å². The Morgan fingerprint density at radius 2 is 1.81 bits per heavy atom. The molecule has 0 fully saturated rings. The van der Waals surface area contributed by atoms with Gasteiger partial charge >= 0.3 is 0 Å². The highest BCUT2D eigenvalue weighted by Crippen LogP contribution is 2.20. The Kier molecular flexibility index (Phi) is 5.77. The summed E-state index contributed by atoms with van der Waals surface area (Å²) in [7, 11) is 0. The Morgan fingerprint density at radius 1 is 1.00 bits per heavy atom. The first-order valence-electron chi connectivity index (χ1n) is 8.02. The molecule has 3 aromatic rings. The predicted octanol–water partition coefficient (Wildman–Crippen LogP) is 3.71. The minimum absolute atomic E-state index is 0.0573. The van der Waals surface area contributed by atoms with Crippen LogP contribution in [-0.2, 0) is 11.3 Å². The molecular weight excluding hydrogens is 335 g/mol. The molecule has 132 valence electrons. The second-order valence-corrected chi connectivity index (χ2v) is 5.44. The zero-order valence-corrected chi connectivity index (χ0v) is 13.9. The van der Waals surface area contributed by atoms with Crippen LogP contribution in [0.3, 0.4) is 0 Å². The van der Waals surface area contributed by atoms with Crippen molar-refractivity contribution >= 4 is 5.91 Å². The predicted molar refractivity (Wildman–Crippen MR) is 94.5 cm³/mol. The van der Waals surface area contributed by atoms with Gasteiger partial charge in [0.2, 0.25) is 5.88 Å². The van der Waals surface area contributed by atoms with Crippen LogP contribution in [0.4, 0.5) is 4.39 Å². The summed E-state index contributed by atoms with van der Waals surface area (Å²) in [6.45, 7) is 0.266. The number of pyridine rings is 1. The average molecular weight is 352 g/mol. The van der Waals surface area contributed by atoms with Gasteiger partial charge in [0.15, 0.2) is 6.61 Å². The number of hydrogen-bond acceptors (Lipinski definition) is 4. The topological polar surface area (TPSA) is 60.5 Å². The maximum absolute atomic E-state index is 13.1. The van der Waals surface area contributed by atoms with Crippen LogP contribution in [0.5, 0.6) is 17.4 Å². The van der Waals surface area contributed by atoms with Crippen molar-refractivity contribution in [1.29, 1.82) is 0 Å². The molecule has 3 rings (SSSR count). The molecular formula is C20H17FN2O3. The first-order chi connectivity index (χ1) is 12.7.